The van der Waals surface area contributed by atoms with E-state index in [1.165, 1.54) is 11.3 Å². The lowest BCUT2D eigenvalue weighted by Gasteiger charge is -2.34. The normalized spacial score (nSPS) is 19.9. The Kier molecular flexibility index (Phi) is 8.79. The summed E-state index contributed by atoms with van der Waals surface area (Å²) in [5.41, 5.74) is 7.77. The summed E-state index contributed by atoms with van der Waals surface area (Å²) in [7, 11) is 0. The molecule has 3 N–H and O–H groups in total. The van der Waals surface area contributed by atoms with Crippen LogP contribution in [0, 0.1) is 0 Å². The van der Waals surface area contributed by atoms with Crippen LogP contribution in [0.4, 0.5) is 10.8 Å². The van der Waals surface area contributed by atoms with Crippen molar-refractivity contribution in [2.45, 2.75) is 32.6 Å². The third-order valence-corrected chi connectivity index (χ3v) is 4.61. The number of carbonyl (C=O) groups is 1. The number of amides is 1. The molecule has 0 saturated carbocycles. The molecule has 1 aromatic heterocycles. The first-order valence-corrected chi connectivity index (χ1v) is 8.86. The Morgan fingerprint density at radius 2 is 2.04 bits per heavy atom. The van der Waals surface area contributed by atoms with E-state index in [-0.39, 0.29) is 42.9 Å². The topological polar surface area (TPSA) is 80.5 Å². The number of benzene rings is 1. The number of anilines is 2. The average Bonchev–Trinajstić information content (AvgIpc) is 2.93. The zero-order valence-electron chi connectivity index (χ0n) is 14.7. The molecule has 1 saturated heterocycles. The second-order valence-corrected chi connectivity index (χ2v) is 7.03. The van der Waals surface area contributed by atoms with Gasteiger partial charge in [0.1, 0.15) is 0 Å². The van der Waals surface area contributed by atoms with Gasteiger partial charge in [-0.05, 0) is 32.0 Å². The Balaban J connectivity index is 0.00000169. The minimum absolute atomic E-state index is 0. The summed E-state index contributed by atoms with van der Waals surface area (Å²) >= 11 is 1.43. The zero-order valence-corrected chi connectivity index (χ0v) is 17.1. The van der Waals surface area contributed by atoms with Gasteiger partial charge in [-0.1, -0.05) is 6.07 Å². The molecule has 0 bridgehead atoms. The fourth-order valence-electron chi connectivity index (χ4n) is 2.93. The van der Waals surface area contributed by atoms with E-state index in [9.17, 15) is 4.79 Å². The maximum atomic E-state index is 12.2. The number of nitrogens with two attached hydrogens (primary N) is 1. The van der Waals surface area contributed by atoms with Crippen LogP contribution in [-0.4, -0.2) is 41.1 Å². The van der Waals surface area contributed by atoms with Crippen molar-refractivity contribution in [1.82, 2.24) is 9.88 Å². The number of carbonyl (C=O) groups excluding carboxylic acids is 1. The number of nitrogens with zero attached hydrogens (tertiary/aromatic N) is 2. The summed E-state index contributed by atoms with van der Waals surface area (Å²) in [4.78, 5) is 19.1. The van der Waals surface area contributed by atoms with E-state index in [2.05, 4.69) is 29.0 Å². The highest BCUT2D eigenvalue weighted by atomic mass is 35.5. The first-order chi connectivity index (χ1) is 11.5. The van der Waals surface area contributed by atoms with Gasteiger partial charge < -0.3 is 10.5 Å². The average molecular weight is 419 g/mol. The number of halogens is 2. The highest BCUT2D eigenvalue weighted by molar-refractivity contribution is 7.13. The molecule has 1 aliphatic rings. The fraction of sp³-hybridized carbons (Fsp3) is 0.412. The molecule has 2 aromatic rings. The molecule has 0 aliphatic carbocycles. The number of ether oxygens (including phenoxy) is 1. The van der Waals surface area contributed by atoms with Crippen molar-refractivity contribution in [2.24, 2.45) is 0 Å². The van der Waals surface area contributed by atoms with Crippen molar-refractivity contribution < 1.29 is 9.53 Å². The molecular weight excluding hydrogens is 395 g/mol. The van der Waals surface area contributed by atoms with Crippen LogP contribution in [0.25, 0.3) is 0 Å². The quantitative estimate of drug-likeness (QED) is 0.743. The van der Waals surface area contributed by atoms with E-state index < -0.39 is 0 Å². The van der Waals surface area contributed by atoms with Crippen molar-refractivity contribution in [2.75, 3.05) is 24.1 Å². The second kappa shape index (κ2) is 10.1. The van der Waals surface area contributed by atoms with Crippen molar-refractivity contribution in [3.05, 3.63) is 40.9 Å². The zero-order chi connectivity index (χ0) is 17.1. The smallest absolute Gasteiger partial charge is 0.257 e. The lowest BCUT2D eigenvalue weighted by atomic mass is 10.2. The standard InChI is InChI=1S/C17H22N4O2S.2ClH/c1-11-7-21(8-12(2)23-11)9-15-10-24-17(19-15)20-16(22)13-4-3-5-14(18)6-13;;/h3-6,10-12H,7-9,18H2,1-2H3,(H,19,20,22);2*1H. The lowest BCUT2D eigenvalue weighted by molar-refractivity contribution is -0.0707. The van der Waals surface area contributed by atoms with Crippen molar-refractivity contribution >= 4 is 52.9 Å². The van der Waals surface area contributed by atoms with Gasteiger partial charge in [-0.2, -0.15) is 0 Å². The largest absolute Gasteiger partial charge is 0.399 e. The summed E-state index contributed by atoms with van der Waals surface area (Å²) in [6.45, 7) is 6.73. The predicted molar refractivity (Wildman–Crippen MR) is 111 cm³/mol. The Morgan fingerprint density at radius 1 is 1.35 bits per heavy atom. The SMILES string of the molecule is CC1CN(Cc2csc(NC(=O)c3cccc(N)c3)n2)CC(C)O1.Cl.Cl. The summed E-state index contributed by atoms with van der Waals surface area (Å²) in [5.74, 6) is -0.197. The molecule has 144 valence electrons. The van der Waals surface area contributed by atoms with Gasteiger partial charge in [0.05, 0.1) is 17.9 Å². The molecule has 2 atom stereocenters. The molecular formula is C17H24Cl2N4O2S. The second-order valence-electron chi connectivity index (χ2n) is 6.17. The van der Waals surface area contributed by atoms with E-state index in [0.29, 0.717) is 16.4 Å². The summed E-state index contributed by atoms with van der Waals surface area (Å²) < 4.78 is 5.74. The molecule has 2 heterocycles. The molecule has 1 aliphatic heterocycles. The Hall–Kier alpha value is -1.38. The number of nitrogen functional groups attached to an aromatic ring is 1. The van der Waals surface area contributed by atoms with Gasteiger partial charge in [-0.15, -0.1) is 36.2 Å². The van der Waals surface area contributed by atoms with Crippen LogP contribution in [0.15, 0.2) is 29.6 Å². The molecule has 0 radical (unpaired) electrons. The number of rotatable bonds is 4. The lowest BCUT2D eigenvalue weighted by Crippen LogP contribution is -2.44. The van der Waals surface area contributed by atoms with Crippen LogP contribution in [0.2, 0.25) is 0 Å². The number of aromatic nitrogens is 1. The van der Waals surface area contributed by atoms with Crippen molar-refractivity contribution in [1.29, 1.82) is 0 Å². The number of nitrogens with one attached hydrogen (secondary N) is 1. The molecule has 1 aromatic carbocycles. The third kappa shape index (κ3) is 6.10. The Morgan fingerprint density at radius 3 is 2.69 bits per heavy atom. The van der Waals surface area contributed by atoms with Crippen LogP contribution in [0.3, 0.4) is 0 Å². The fourth-order valence-corrected chi connectivity index (χ4v) is 3.63. The highest BCUT2D eigenvalue weighted by Gasteiger charge is 2.22. The summed E-state index contributed by atoms with van der Waals surface area (Å²) in [5, 5.41) is 5.42. The van der Waals surface area contributed by atoms with Gasteiger partial charge in [-0.3, -0.25) is 15.0 Å². The number of hydrogen-bond acceptors (Lipinski definition) is 6. The van der Waals surface area contributed by atoms with Crippen LogP contribution in [0.1, 0.15) is 29.9 Å². The van der Waals surface area contributed by atoms with Gasteiger partial charge in [0.2, 0.25) is 0 Å². The van der Waals surface area contributed by atoms with Gasteiger partial charge >= 0.3 is 0 Å². The van der Waals surface area contributed by atoms with Crippen LogP contribution in [-0.2, 0) is 11.3 Å². The Bertz CT molecular complexity index is 718. The number of thiazole rings is 1. The Labute approximate surface area is 169 Å². The number of hydrogen-bond donors (Lipinski definition) is 2. The van der Waals surface area contributed by atoms with E-state index in [1.807, 2.05) is 5.38 Å². The first kappa shape index (κ1) is 22.7. The minimum atomic E-state index is -0.197. The third-order valence-electron chi connectivity index (χ3n) is 3.80. The van der Waals surface area contributed by atoms with Crippen molar-refractivity contribution in [3.63, 3.8) is 0 Å². The molecule has 9 heteroatoms. The van der Waals surface area contributed by atoms with Crippen LogP contribution < -0.4 is 11.1 Å². The van der Waals surface area contributed by atoms with Gasteiger partial charge in [0.15, 0.2) is 5.13 Å². The minimum Gasteiger partial charge on any atom is -0.399 e. The molecule has 26 heavy (non-hydrogen) atoms. The summed E-state index contributed by atoms with van der Waals surface area (Å²) in [6.07, 6.45) is 0.463. The van der Waals surface area contributed by atoms with Crippen LogP contribution >= 0.6 is 36.2 Å². The van der Waals surface area contributed by atoms with E-state index >= 15 is 0 Å². The number of morpholine rings is 1. The molecule has 2 unspecified atom stereocenters. The highest BCUT2D eigenvalue weighted by Crippen LogP contribution is 2.20. The van der Waals surface area contributed by atoms with Gasteiger partial charge in [0.25, 0.3) is 5.91 Å². The first-order valence-electron chi connectivity index (χ1n) is 7.98. The van der Waals surface area contributed by atoms with E-state index in [1.54, 1.807) is 24.3 Å². The van der Waals surface area contributed by atoms with Gasteiger partial charge in [-0.25, -0.2) is 4.98 Å². The molecule has 6 nitrogen and oxygen atoms in total. The van der Waals surface area contributed by atoms with Gasteiger partial charge in [0, 0.05) is 36.3 Å². The summed E-state index contributed by atoms with van der Waals surface area (Å²) in [6, 6.07) is 6.90. The molecule has 1 fully saturated rings. The maximum Gasteiger partial charge on any atom is 0.257 e. The van der Waals surface area contributed by atoms with Crippen molar-refractivity contribution in [3.8, 4) is 0 Å². The molecule has 0 spiro atoms. The maximum absolute atomic E-state index is 12.2. The van der Waals surface area contributed by atoms with E-state index in [4.69, 9.17) is 10.5 Å². The van der Waals surface area contributed by atoms with E-state index in [0.717, 1.165) is 25.3 Å². The van der Waals surface area contributed by atoms with Crippen LogP contribution in [0.5, 0.6) is 0 Å². The predicted octanol–water partition coefficient (Wildman–Crippen LogP) is 3.43. The molecule has 3 rings (SSSR count). The monoisotopic (exact) mass is 418 g/mol. The molecule has 1 amide bonds.